The van der Waals surface area contributed by atoms with Crippen LogP contribution in [0.1, 0.15) is 29.6 Å². The third kappa shape index (κ3) is 6.74. The lowest BCUT2D eigenvalue weighted by Crippen LogP contribution is -2.45. The van der Waals surface area contributed by atoms with Crippen LogP contribution in [0.2, 0.25) is 0 Å². The van der Waals surface area contributed by atoms with E-state index >= 15 is 0 Å². The van der Waals surface area contributed by atoms with E-state index in [1.165, 1.54) is 0 Å². The number of likely N-dealkylation sites (N-methyl/N-ethyl adjacent to an activating group) is 1. The summed E-state index contributed by atoms with van der Waals surface area (Å²) in [4.78, 5) is 23.8. The van der Waals surface area contributed by atoms with Crippen molar-refractivity contribution in [3.05, 3.63) is 23.9 Å². The van der Waals surface area contributed by atoms with E-state index in [9.17, 15) is 4.79 Å². The number of carbonyl (C=O) groups excluding carboxylic acids is 1. The van der Waals surface area contributed by atoms with E-state index in [4.69, 9.17) is 10.5 Å². The molecule has 0 atom stereocenters. The number of nitrogens with zero attached hydrogens (tertiary/aromatic N) is 4. The molecule has 160 valence electrons. The molecule has 7 nitrogen and oxygen atoms in total. The van der Waals surface area contributed by atoms with Crippen LogP contribution in [-0.2, 0) is 4.74 Å². The first-order chi connectivity index (χ1) is 12.7. The predicted molar refractivity (Wildman–Crippen MR) is 117 cm³/mol. The summed E-state index contributed by atoms with van der Waals surface area (Å²) in [6, 6.07) is 3.77. The first kappa shape index (κ1) is 24.9. The second-order valence-corrected chi connectivity index (χ2v) is 7.20. The van der Waals surface area contributed by atoms with Gasteiger partial charge in [0.1, 0.15) is 5.82 Å². The SMILES string of the molecule is CN1CCN(c2cc(C(=O)N3CCC(OCCCN)CC3)ccn2)CC1.Cl.Cl. The number of piperazine rings is 1. The number of hydrogen-bond acceptors (Lipinski definition) is 6. The number of piperidine rings is 1. The van der Waals surface area contributed by atoms with Crippen molar-refractivity contribution < 1.29 is 9.53 Å². The summed E-state index contributed by atoms with van der Waals surface area (Å²) in [5.41, 5.74) is 6.23. The number of pyridine rings is 1. The maximum atomic E-state index is 12.9. The Morgan fingerprint density at radius 3 is 2.50 bits per heavy atom. The molecule has 28 heavy (non-hydrogen) atoms. The third-order valence-corrected chi connectivity index (χ3v) is 5.25. The van der Waals surface area contributed by atoms with Gasteiger partial charge in [-0.1, -0.05) is 0 Å². The first-order valence-electron chi connectivity index (χ1n) is 9.68. The molecule has 0 aromatic carbocycles. The standard InChI is InChI=1S/C19H31N5O2.2ClH/c1-22-10-12-23(13-11-22)18-15-16(3-7-21-18)19(25)24-8-4-17(5-9-24)26-14-2-6-20;;/h3,7,15,17H,2,4-6,8-14,20H2,1H3;2*1H. The zero-order valence-electron chi connectivity index (χ0n) is 16.6. The van der Waals surface area contributed by atoms with Gasteiger partial charge in [0.05, 0.1) is 6.10 Å². The summed E-state index contributed by atoms with van der Waals surface area (Å²) in [6.07, 6.45) is 4.69. The van der Waals surface area contributed by atoms with Gasteiger partial charge in [-0.25, -0.2) is 4.98 Å². The van der Waals surface area contributed by atoms with Crippen LogP contribution >= 0.6 is 24.8 Å². The largest absolute Gasteiger partial charge is 0.378 e. The quantitative estimate of drug-likeness (QED) is 0.687. The highest BCUT2D eigenvalue weighted by Gasteiger charge is 2.25. The molecule has 2 N–H and O–H groups in total. The Balaban J connectivity index is 0.00000196. The zero-order valence-corrected chi connectivity index (χ0v) is 18.2. The minimum absolute atomic E-state index is 0. The molecular formula is C19H33Cl2N5O2. The Morgan fingerprint density at radius 1 is 1.18 bits per heavy atom. The molecule has 3 rings (SSSR count). The lowest BCUT2D eigenvalue weighted by Gasteiger charge is -2.34. The monoisotopic (exact) mass is 433 g/mol. The Kier molecular flexibility index (Phi) is 11.1. The molecule has 9 heteroatoms. The highest BCUT2D eigenvalue weighted by molar-refractivity contribution is 5.95. The summed E-state index contributed by atoms with van der Waals surface area (Å²) in [5, 5.41) is 0. The second kappa shape index (κ2) is 12.4. The average Bonchev–Trinajstić information content (AvgIpc) is 2.69. The van der Waals surface area contributed by atoms with Gasteiger partial charge in [-0.2, -0.15) is 0 Å². The van der Waals surface area contributed by atoms with Gasteiger partial charge >= 0.3 is 0 Å². The molecule has 2 aliphatic rings. The highest BCUT2D eigenvalue weighted by Crippen LogP contribution is 2.19. The summed E-state index contributed by atoms with van der Waals surface area (Å²) in [6.45, 7) is 6.83. The molecule has 0 bridgehead atoms. The number of carbonyl (C=O) groups is 1. The number of likely N-dealkylation sites (tertiary alicyclic amines) is 1. The molecule has 3 heterocycles. The van der Waals surface area contributed by atoms with Crippen LogP contribution in [0.3, 0.4) is 0 Å². The number of anilines is 1. The van der Waals surface area contributed by atoms with E-state index in [1.54, 1.807) is 6.20 Å². The fraction of sp³-hybridized carbons (Fsp3) is 0.684. The van der Waals surface area contributed by atoms with E-state index in [-0.39, 0.29) is 36.8 Å². The normalized spacial score (nSPS) is 18.4. The fourth-order valence-electron chi connectivity index (χ4n) is 3.50. The summed E-state index contributed by atoms with van der Waals surface area (Å²) < 4.78 is 5.83. The van der Waals surface area contributed by atoms with Crippen LogP contribution in [0.15, 0.2) is 18.3 Å². The summed E-state index contributed by atoms with van der Waals surface area (Å²) >= 11 is 0. The minimum atomic E-state index is 0. The molecule has 0 spiro atoms. The molecule has 0 saturated carbocycles. The van der Waals surface area contributed by atoms with Crippen molar-refractivity contribution in [2.24, 2.45) is 5.73 Å². The number of rotatable bonds is 6. The number of aromatic nitrogens is 1. The molecule has 1 aromatic heterocycles. The van der Waals surface area contributed by atoms with Gasteiger partial charge in [-0.15, -0.1) is 24.8 Å². The number of halogens is 2. The van der Waals surface area contributed by atoms with Crippen molar-refractivity contribution in [3.8, 4) is 0 Å². The minimum Gasteiger partial charge on any atom is -0.378 e. The van der Waals surface area contributed by atoms with Gasteiger partial charge in [0, 0.05) is 57.6 Å². The van der Waals surface area contributed by atoms with E-state index < -0.39 is 0 Å². The van der Waals surface area contributed by atoms with E-state index in [0.717, 1.165) is 69.9 Å². The van der Waals surface area contributed by atoms with Gasteiger partial charge in [0.15, 0.2) is 0 Å². The molecule has 0 unspecified atom stereocenters. The van der Waals surface area contributed by atoms with Crippen molar-refractivity contribution >= 4 is 36.5 Å². The first-order valence-corrected chi connectivity index (χ1v) is 9.68. The molecule has 0 aliphatic carbocycles. The number of hydrogen-bond donors (Lipinski definition) is 1. The molecule has 2 aliphatic heterocycles. The van der Waals surface area contributed by atoms with Crippen molar-refractivity contribution in [3.63, 3.8) is 0 Å². The lowest BCUT2D eigenvalue weighted by molar-refractivity contribution is 0.00844. The van der Waals surface area contributed by atoms with Crippen LogP contribution in [0.25, 0.3) is 0 Å². The van der Waals surface area contributed by atoms with Crippen molar-refractivity contribution in [2.75, 3.05) is 64.4 Å². The third-order valence-electron chi connectivity index (χ3n) is 5.25. The predicted octanol–water partition coefficient (Wildman–Crippen LogP) is 1.65. The Labute approximate surface area is 180 Å². The smallest absolute Gasteiger partial charge is 0.254 e. The van der Waals surface area contributed by atoms with Crippen molar-refractivity contribution in [1.29, 1.82) is 0 Å². The highest BCUT2D eigenvalue weighted by atomic mass is 35.5. The van der Waals surface area contributed by atoms with Crippen LogP contribution in [0.5, 0.6) is 0 Å². The molecular weight excluding hydrogens is 401 g/mol. The van der Waals surface area contributed by atoms with Gasteiger partial charge in [-0.3, -0.25) is 4.79 Å². The topological polar surface area (TPSA) is 74.9 Å². The molecule has 0 radical (unpaired) electrons. The molecule has 1 amide bonds. The van der Waals surface area contributed by atoms with E-state index in [0.29, 0.717) is 13.2 Å². The van der Waals surface area contributed by atoms with E-state index in [1.807, 2.05) is 17.0 Å². The average molecular weight is 434 g/mol. The number of ether oxygens (including phenoxy) is 1. The Morgan fingerprint density at radius 2 is 1.86 bits per heavy atom. The van der Waals surface area contributed by atoms with Crippen LogP contribution < -0.4 is 10.6 Å². The zero-order chi connectivity index (χ0) is 18.4. The van der Waals surface area contributed by atoms with Gasteiger partial charge in [-0.05, 0) is 45.0 Å². The Hall–Kier alpha value is -1.12. The van der Waals surface area contributed by atoms with Crippen molar-refractivity contribution in [1.82, 2.24) is 14.8 Å². The maximum Gasteiger partial charge on any atom is 0.254 e. The van der Waals surface area contributed by atoms with Crippen molar-refractivity contribution in [2.45, 2.75) is 25.4 Å². The van der Waals surface area contributed by atoms with Gasteiger partial charge in [0.2, 0.25) is 0 Å². The molecule has 2 fully saturated rings. The number of amides is 1. The summed E-state index contributed by atoms with van der Waals surface area (Å²) in [5.74, 6) is 1.01. The lowest BCUT2D eigenvalue weighted by atomic mass is 10.1. The molecule has 1 aromatic rings. The summed E-state index contributed by atoms with van der Waals surface area (Å²) in [7, 11) is 2.13. The fourth-order valence-corrected chi connectivity index (χ4v) is 3.50. The van der Waals surface area contributed by atoms with E-state index in [2.05, 4.69) is 21.8 Å². The van der Waals surface area contributed by atoms with Crippen LogP contribution in [0, 0.1) is 0 Å². The van der Waals surface area contributed by atoms with Crippen LogP contribution in [-0.4, -0.2) is 86.3 Å². The second-order valence-electron chi connectivity index (χ2n) is 7.20. The molecule has 2 saturated heterocycles. The Bertz CT molecular complexity index is 591. The van der Waals surface area contributed by atoms with Gasteiger partial charge < -0.3 is 25.2 Å². The number of nitrogens with two attached hydrogens (primary N) is 1. The van der Waals surface area contributed by atoms with Gasteiger partial charge in [0.25, 0.3) is 5.91 Å². The maximum absolute atomic E-state index is 12.9. The van der Waals surface area contributed by atoms with Crippen LogP contribution in [0.4, 0.5) is 5.82 Å².